The lowest BCUT2D eigenvalue weighted by atomic mass is 9.89. The van der Waals surface area contributed by atoms with Gasteiger partial charge in [-0.15, -0.1) is 0 Å². The third-order valence-electron chi connectivity index (χ3n) is 4.59. The number of rotatable bonds is 4. The molecule has 1 aromatic rings. The normalized spacial score (nSPS) is 25.7. The van der Waals surface area contributed by atoms with Crippen molar-refractivity contribution >= 4 is 11.8 Å². The number of nitrogens with zero attached hydrogens (tertiary/aromatic N) is 1. The zero-order valence-electron chi connectivity index (χ0n) is 12.4. The molecule has 0 aromatic heterocycles. The molecular formula is C16H20N2O3. The van der Waals surface area contributed by atoms with E-state index >= 15 is 0 Å². The van der Waals surface area contributed by atoms with Crippen molar-refractivity contribution in [3.63, 3.8) is 0 Å². The summed E-state index contributed by atoms with van der Waals surface area (Å²) in [7, 11) is 1.62. The summed E-state index contributed by atoms with van der Waals surface area (Å²) in [6.07, 6.45) is 2.02. The predicted octanol–water partition coefficient (Wildman–Crippen LogP) is 1.32. The van der Waals surface area contributed by atoms with Crippen LogP contribution in [-0.2, 0) is 16.1 Å². The van der Waals surface area contributed by atoms with E-state index in [9.17, 15) is 9.59 Å². The van der Waals surface area contributed by atoms with Gasteiger partial charge < -0.3 is 15.0 Å². The van der Waals surface area contributed by atoms with Crippen LogP contribution in [0.5, 0.6) is 5.75 Å². The molecule has 0 spiro atoms. The van der Waals surface area contributed by atoms with Crippen LogP contribution in [0.3, 0.4) is 0 Å². The Morgan fingerprint density at radius 2 is 1.95 bits per heavy atom. The number of benzene rings is 1. The maximum Gasteiger partial charge on any atom is 0.246 e. The Bertz CT molecular complexity index is 565. The molecule has 112 valence electrons. The van der Waals surface area contributed by atoms with E-state index in [1.54, 1.807) is 12.0 Å². The summed E-state index contributed by atoms with van der Waals surface area (Å²) in [5.74, 6) is 1.02. The summed E-state index contributed by atoms with van der Waals surface area (Å²) in [5, 5.41) is 2.73. The monoisotopic (exact) mass is 288 g/mol. The Morgan fingerprint density at radius 3 is 2.52 bits per heavy atom. The number of methoxy groups -OCH3 is 1. The van der Waals surface area contributed by atoms with E-state index in [-0.39, 0.29) is 24.3 Å². The minimum Gasteiger partial charge on any atom is -0.497 e. The average molecular weight is 288 g/mol. The van der Waals surface area contributed by atoms with E-state index in [0.717, 1.165) is 24.2 Å². The molecular weight excluding hydrogens is 268 g/mol. The number of carbonyl (C=O) groups is 2. The van der Waals surface area contributed by atoms with Crippen LogP contribution in [0.4, 0.5) is 0 Å². The number of hydrogen-bond donors (Lipinski definition) is 1. The summed E-state index contributed by atoms with van der Waals surface area (Å²) in [6, 6.07) is 7.62. The molecule has 1 N–H and O–H groups in total. The van der Waals surface area contributed by atoms with Gasteiger partial charge in [-0.2, -0.15) is 0 Å². The molecule has 2 amide bonds. The van der Waals surface area contributed by atoms with Crippen molar-refractivity contribution in [2.24, 2.45) is 5.92 Å². The number of carbonyl (C=O) groups excluding carboxylic acids is 2. The standard InChI is InChI=1S/C16H20N2O3/c1-16(12-5-6-12)15(20)17-9-14(19)18(16)10-11-3-7-13(21-2)8-4-11/h3-4,7-8,12H,5-6,9-10H2,1-2H3,(H,17,20). The van der Waals surface area contributed by atoms with Gasteiger partial charge in [-0.1, -0.05) is 12.1 Å². The molecule has 1 unspecified atom stereocenters. The zero-order chi connectivity index (χ0) is 15.0. The lowest BCUT2D eigenvalue weighted by Gasteiger charge is -2.44. The lowest BCUT2D eigenvalue weighted by molar-refractivity contribution is -0.155. The van der Waals surface area contributed by atoms with Gasteiger partial charge in [-0.25, -0.2) is 0 Å². The molecule has 1 heterocycles. The highest BCUT2D eigenvalue weighted by atomic mass is 16.5. The fraction of sp³-hybridized carbons (Fsp3) is 0.500. The molecule has 0 radical (unpaired) electrons. The first-order valence-corrected chi connectivity index (χ1v) is 7.27. The molecule has 1 saturated carbocycles. The minimum absolute atomic E-state index is 0.0141. The number of ether oxygens (including phenoxy) is 1. The maximum absolute atomic E-state index is 12.3. The summed E-state index contributed by atoms with van der Waals surface area (Å²) in [6.45, 7) is 2.45. The molecule has 0 bridgehead atoms. The Morgan fingerprint density at radius 1 is 1.29 bits per heavy atom. The molecule has 2 aliphatic rings. The first-order chi connectivity index (χ1) is 10.1. The van der Waals surface area contributed by atoms with Crippen molar-refractivity contribution in [3.8, 4) is 5.75 Å². The summed E-state index contributed by atoms with van der Waals surface area (Å²) >= 11 is 0. The molecule has 1 saturated heterocycles. The number of amides is 2. The second-order valence-electron chi connectivity index (χ2n) is 5.93. The van der Waals surface area contributed by atoms with E-state index in [1.165, 1.54) is 0 Å². The van der Waals surface area contributed by atoms with Crippen LogP contribution in [0.15, 0.2) is 24.3 Å². The molecule has 5 heteroatoms. The highest BCUT2D eigenvalue weighted by Gasteiger charge is 2.54. The van der Waals surface area contributed by atoms with Gasteiger partial charge in [-0.05, 0) is 43.4 Å². The lowest BCUT2D eigenvalue weighted by Crippen LogP contribution is -2.66. The smallest absolute Gasteiger partial charge is 0.246 e. The quantitative estimate of drug-likeness (QED) is 0.909. The summed E-state index contributed by atoms with van der Waals surface area (Å²) < 4.78 is 5.14. The highest BCUT2D eigenvalue weighted by Crippen LogP contribution is 2.44. The van der Waals surface area contributed by atoms with Gasteiger partial charge in [-0.3, -0.25) is 9.59 Å². The first kappa shape index (κ1) is 13.9. The van der Waals surface area contributed by atoms with E-state index in [0.29, 0.717) is 6.54 Å². The van der Waals surface area contributed by atoms with E-state index in [4.69, 9.17) is 4.74 Å². The largest absolute Gasteiger partial charge is 0.497 e. The first-order valence-electron chi connectivity index (χ1n) is 7.27. The van der Waals surface area contributed by atoms with Crippen LogP contribution in [0.25, 0.3) is 0 Å². The Kier molecular flexibility index (Phi) is 3.35. The average Bonchev–Trinajstić information content (AvgIpc) is 3.33. The van der Waals surface area contributed by atoms with Crippen LogP contribution in [0.2, 0.25) is 0 Å². The third kappa shape index (κ3) is 2.37. The molecule has 1 aliphatic carbocycles. The summed E-state index contributed by atoms with van der Waals surface area (Å²) in [5.41, 5.74) is 0.292. The Labute approximate surface area is 124 Å². The van der Waals surface area contributed by atoms with Crippen molar-refractivity contribution in [1.82, 2.24) is 10.2 Å². The second-order valence-corrected chi connectivity index (χ2v) is 5.93. The van der Waals surface area contributed by atoms with Crippen LogP contribution >= 0.6 is 0 Å². The minimum atomic E-state index is -0.713. The Balaban J connectivity index is 1.85. The zero-order valence-corrected chi connectivity index (χ0v) is 12.4. The van der Waals surface area contributed by atoms with E-state index in [2.05, 4.69) is 5.32 Å². The van der Waals surface area contributed by atoms with Crippen LogP contribution in [0, 0.1) is 5.92 Å². The SMILES string of the molecule is COc1ccc(CN2C(=O)CNC(=O)C2(C)C2CC2)cc1. The van der Waals surface area contributed by atoms with Gasteiger partial charge >= 0.3 is 0 Å². The van der Waals surface area contributed by atoms with Crippen molar-refractivity contribution in [2.75, 3.05) is 13.7 Å². The van der Waals surface area contributed by atoms with E-state index < -0.39 is 5.54 Å². The summed E-state index contributed by atoms with van der Waals surface area (Å²) in [4.78, 5) is 26.4. The molecule has 1 aromatic carbocycles. The number of nitrogens with one attached hydrogen (secondary N) is 1. The number of hydrogen-bond acceptors (Lipinski definition) is 3. The van der Waals surface area contributed by atoms with Crippen molar-refractivity contribution in [2.45, 2.75) is 31.8 Å². The predicted molar refractivity (Wildman–Crippen MR) is 77.7 cm³/mol. The maximum atomic E-state index is 12.3. The third-order valence-corrected chi connectivity index (χ3v) is 4.59. The highest BCUT2D eigenvalue weighted by molar-refractivity contribution is 5.98. The van der Waals surface area contributed by atoms with Crippen LogP contribution in [0.1, 0.15) is 25.3 Å². The molecule has 2 fully saturated rings. The van der Waals surface area contributed by atoms with Crippen LogP contribution < -0.4 is 10.1 Å². The van der Waals surface area contributed by atoms with Crippen LogP contribution in [-0.4, -0.2) is 35.9 Å². The number of piperazine rings is 1. The molecule has 1 atom stereocenters. The molecule has 21 heavy (non-hydrogen) atoms. The molecule has 1 aliphatic heterocycles. The van der Waals surface area contributed by atoms with E-state index in [1.807, 2.05) is 31.2 Å². The van der Waals surface area contributed by atoms with Crippen molar-refractivity contribution in [1.29, 1.82) is 0 Å². The topological polar surface area (TPSA) is 58.6 Å². The van der Waals surface area contributed by atoms with Gasteiger partial charge in [0, 0.05) is 6.54 Å². The van der Waals surface area contributed by atoms with Crippen molar-refractivity contribution in [3.05, 3.63) is 29.8 Å². The Hall–Kier alpha value is -2.04. The van der Waals surface area contributed by atoms with Crippen molar-refractivity contribution < 1.29 is 14.3 Å². The van der Waals surface area contributed by atoms with Gasteiger partial charge in [0.2, 0.25) is 11.8 Å². The molecule has 3 rings (SSSR count). The van der Waals surface area contributed by atoms with Gasteiger partial charge in [0.25, 0.3) is 0 Å². The fourth-order valence-electron chi connectivity index (χ4n) is 3.03. The second kappa shape index (κ2) is 5.06. The van der Waals surface area contributed by atoms with Gasteiger partial charge in [0.05, 0.1) is 13.7 Å². The molecule has 5 nitrogen and oxygen atoms in total. The van der Waals surface area contributed by atoms with Gasteiger partial charge in [0.1, 0.15) is 11.3 Å². The fourth-order valence-corrected chi connectivity index (χ4v) is 3.03. The van der Waals surface area contributed by atoms with Gasteiger partial charge in [0.15, 0.2) is 0 Å².